The molecule has 0 N–H and O–H groups in total. The van der Waals surface area contributed by atoms with Gasteiger partial charge in [0.15, 0.2) is 0 Å². The number of fused-ring (bicyclic) bond motifs is 2. The highest BCUT2D eigenvalue weighted by Crippen LogP contribution is 2.67. The third-order valence-corrected chi connectivity index (χ3v) is 8.50. The van der Waals surface area contributed by atoms with Crippen molar-refractivity contribution in [2.75, 3.05) is 24.6 Å². The van der Waals surface area contributed by atoms with Crippen LogP contribution < -0.4 is 4.90 Å². The van der Waals surface area contributed by atoms with Gasteiger partial charge in [-0.05, 0) is 23.1 Å². The summed E-state index contributed by atoms with van der Waals surface area (Å²) in [6.45, 7) is 1.87. The number of amides is 1. The Morgan fingerprint density at radius 3 is 3.04 bits per heavy atom. The van der Waals surface area contributed by atoms with Crippen LogP contribution in [0.4, 0.5) is 5.69 Å². The van der Waals surface area contributed by atoms with E-state index in [1.54, 1.807) is 0 Å². The number of quaternary nitrogens is 1. The highest BCUT2D eigenvalue weighted by molar-refractivity contribution is 5.99. The maximum absolute atomic E-state index is 13.9. The fraction of sp³-hybridized carbons (Fsp3) is 0.571. The van der Waals surface area contributed by atoms with E-state index in [4.69, 9.17) is 4.74 Å². The number of ether oxygens (including phenoxy) is 1. The molecule has 0 radical (unpaired) electrons. The maximum atomic E-state index is 13.9. The minimum Gasteiger partial charge on any atom is -0.632 e. The lowest BCUT2D eigenvalue weighted by Gasteiger charge is -2.61. The van der Waals surface area contributed by atoms with Crippen molar-refractivity contribution >= 4 is 24.0 Å². The largest absolute Gasteiger partial charge is 0.632 e. The minimum absolute atomic E-state index is 0. The minimum atomic E-state index is -0.174. The summed E-state index contributed by atoms with van der Waals surface area (Å²) in [6.07, 6.45) is 4.51. The third kappa shape index (κ3) is 1.64. The number of nitrogens with zero attached hydrogens (tertiary/aromatic N) is 2. The van der Waals surface area contributed by atoms with Crippen molar-refractivity contribution in [2.45, 2.75) is 42.9 Å². The number of hydrogen-bond acceptors (Lipinski definition) is 3. The molecular weight excluding hydrogens is 364 g/mol. The van der Waals surface area contributed by atoms with Crippen LogP contribution in [0.15, 0.2) is 35.9 Å². The van der Waals surface area contributed by atoms with E-state index in [1.165, 1.54) is 11.1 Å². The van der Waals surface area contributed by atoms with Crippen LogP contribution in [0.2, 0.25) is 0 Å². The molecule has 1 aliphatic carbocycles. The second-order valence-electron chi connectivity index (χ2n) is 9.14. The van der Waals surface area contributed by atoms with Crippen molar-refractivity contribution in [1.29, 1.82) is 0 Å². The summed E-state index contributed by atoms with van der Waals surface area (Å²) in [5, 5.41) is 13.9. The van der Waals surface area contributed by atoms with E-state index in [-0.39, 0.29) is 46.6 Å². The Labute approximate surface area is 164 Å². The van der Waals surface area contributed by atoms with Gasteiger partial charge in [-0.1, -0.05) is 24.3 Å². The highest BCUT2D eigenvalue weighted by atomic mass is 35.5. The molecule has 3 saturated heterocycles. The molecule has 0 aromatic heterocycles. The Morgan fingerprint density at radius 2 is 2.15 bits per heavy atom. The number of carbonyl (C=O) groups is 1. The zero-order chi connectivity index (χ0) is 17.3. The molecule has 1 amide bonds. The lowest BCUT2D eigenvalue weighted by atomic mass is 9.53. The molecule has 1 aromatic carbocycles. The Balaban J connectivity index is 0.00000146. The molecule has 4 fully saturated rings. The van der Waals surface area contributed by atoms with Crippen LogP contribution in [0.25, 0.3) is 0 Å². The van der Waals surface area contributed by atoms with Gasteiger partial charge in [-0.25, -0.2) is 0 Å². The number of para-hydroxylation sites is 1. The summed E-state index contributed by atoms with van der Waals surface area (Å²) in [5.74, 6) is 0.922. The first-order chi connectivity index (χ1) is 12.6. The van der Waals surface area contributed by atoms with Crippen LogP contribution in [-0.2, 0) is 14.9 Å². The molecule has 1 saturated carbocycles. The normalized spacial score (nSPS) is 47.7. The highest BCUT2D eigenvalue weighted by Gasteiger charge is 2.74. The van der Waals surface area contributed by atoms with Gasteiger partial charge in [0.25, 0.3) is 0 Å². The first-order valence-electron chi connectivity index (χ1n) is 9.93. The molecule has 7 atom stereocenters. The Bertz CT molecular complexity index is 903. The molecule has 3 unspecified atom stereocenters. The number of carbonyl (C=O) groups excluding carboxylic acids is 1. The maximum Gasteiger partial charge on any atom is 0.229 e. The molecule has 2 bridgehead atoms. The van der Waals surface area contributed by atoms with Gasteiger partial charge in [0.05, 0.1) is 37.1 Å². The van der Waals surface area contributed by atoms with Crippen LogP contribution >= 0.6 is 12.4 Å². The fourth-order valence-electron chi connectivity index (χ4n) is 7.77. The SMILES string of the molecule is Cl.O=C1CC2OCC=C3C[N+]4([O-])CC[C@]56c7ccccc7N1C5[C@H]2[C@H]3C[C@@H]64. The van der Waals surface area contributed by atoms with E-state index in [2.05, 4.69) is 29.2 Å². The van der Waals surface area contributed by atoms with Gasteiger partial charge in [-0.3, -0.25) is 4.79 Å². The number of rotatable bonds is 0. The van der Waals surface area contributed by atoms with Crippen molar-refractivity contribution in [3.8, 4) is 0 Å². The summed E-state index contributed by atoms with van der Waals surface area (Å²) >= 11 is 0. The molecule has 142 valence electrons. The number of halogens is 1. The molecule has 7 rings (SSSR count). The standard InChI is InChI=1S/C21H22N2O3.ClH/c24-18-10-16-19-13-9-17-21(6-7-23(17,25)11-12(13)5-8-26-16)14-3-1-2-4-15(14)22(18)20(19)21;/h1-5,13,16-17,19-20H,6-11H2;1H/t13-,16?,17-,19-,20?,21+,23?;/m0./s1. The van der Waals surface area contributed by atoms with Gasteiger partial charge in [0, 0.05) is 24.4 Å². The summed E-state index contributed by atoms with van der Waals surface area (Å²) in [4.78, 5) is 15.3. The molecular formula is C21H23ClN2O3. The Hall–Kier alpha value is -1.40. The van der Waals surface area contributed by atoms with Crippen molar-refractivity contribution in [3.63, 3.8) is 0 Å². The average molecular weight is 387 g/mol. The Morgan fingerprint density at radius 1 is 1.30 bits per heavy atom. The zero-order valence-corrected chi connectivity index (χ0v) is 15.9. The molecule has 1 spiro atoms. The van der Waals surface area contributed by atoms with E-state index in [1.807, 2.05) is 6.07 Å². The van der Waals surface area contributed by atoms with Crippen molar-refractivity contribution < 1.29 is 14.2 Å². The summed E-state index contributed by atoms with van der Waals surface area (Å²) in [6, 6.07) is 8.58. The molecule has 1 aromatic rings. The molecule has 5 heterocycles. The smallest absolute Gasteiger partial charge is 0.229 e. The van der Waals surface area contributed by atoms with Gasteiger partial charge in [-0.15, -0.1) is 12.4 Å². The predicted octanol–water partition coefficient (Wildman–Crippen LogP) is 2.53. The lowest BCUT2D eigenvalue weighted by molar-refractivity contribution is -0.896. The first kappa shape index (κ1) is 16.5. The van der Waals surface area contributed by atoms with Crippen molar-refractivity contribution in [3.05, 3.63) is 46.7 Å². The second-order valence-corrected chi connectivity index (χ2v) is 9.14. The quantitative estimate of drug-likeness (QED) is 0.391. The first-order valence-corrected chi connectivity index (χ1v) is 9.93. The van der Waals surface area contributed by atoms with Crippen LogP contribution in [0, 0.1) is 17.0 Å². The van der Waals surface area contributed by atoms with Crippen LogP contribution in [0.5, 0.6) is 0 Å². The van der Waals surface area contributed by atoms with E-state index in [9.17, 15) is 10.0 Å². The van der Waals surface area contributed by atoms with Gasteiger partial charge in [0.2, 0.25) is 5.91 Å². The Kier molecular flexibility index (Phi) is 3.03. The number of piperidine rings is 2. The van der Waals surface area contributed by atoms with Gasteiger partial charge in [0.1, 0.15) is 12.6 Å². The molecule has 6 aliphatic rings. The lowest BCUT2D eigenvalue weighted by Crippen LogP contribution is -2.71. The van der Waals surface area contributed by atoms with Gasteiger partial charge < -0.3 is 19.5 Å². The van der Waals surface area contributed by atoms with Crippen molar-refractivity contribution in [2.24, 2.45) is 11.8 Å². The van der Waals surface area contributed by atoms with Gasteiger partial charge >= 0.3 is 0 Å². The molecule has 5 nitrogen and oxygen atoms in total. The monoisotopic (exact) mass is 386 g/mol. The molecule has 5 aliphatic heterocycles. The number of benzene rings is 1. The fourth-order valence-corrected chi connectivity index (χ4v) is 7.77. The second kappa shape index (κ2) is 4.95. The van der Waals surface area contributed by atoms with E-state index >= 15 is 0 Å². The molecule has 6 heteroatoms. The summed E-state index contributed by atoms with van der Waals surface area (Å²) < 4.78 is 6.10. The zero-order valence-electron chi connectivity index (χ0n) is 15.0. The molecule has 27 heavy (non-hydrogen) atoms. The average Bonchev–Trinajstić information content (AvgIpc) is 3.05. The summed E-state index contributed by atoms with van der Waals surface area (Å²) in [5.41, 5.74) is 3.46. The van der Waals surface area contributed by atoms with Gasteiger partial charge in [-0.2, -0.15) is 0 Å². The predicted molar refractivity (Wildman–Crippen MR) is 102 cm³/mol. The number of hydroxylamine groups is 3. The summed E-state index contributed by atoms with van der Waals surface area (Å²) in [7, 11) is 0. The topological polar surface area (TPSA) is 52.6 Å². The van der Waals surface area contributed by atoms with E-state index < -0.39 is 0 Å². The van der Waals surface area contributed by atoms with Crippen LogP contribution in [-0.4, -0.2) is 48.4 Å². The van der Waals surface area contributed by atoms with E-state index in [0.29, 0.717) is 38.0 Å². The van der Waals surface area contributed by atoms with Crippen LogP contribution in [0.1, 0.15) is 24.8 Å². The number of hydrogen-bond donors (Lipinski definition) is 0. The van der Waals surface area contributed by atoms with Crippen LogP contribution in [0.3, 0.4) is 0 Å². The third-order valence-electron chi connectivity index (χ3n) is 8.50. The van der Waals surface area contributed by atoms with Crippen molar-refractivity contribution in [1.82, 2.24) is 0 Å². The number of anilines is 1. The van der Waals surface area contributed by atoms with E-state index in [0.717, 1.165) is 18.5 Å².